The third kappa shape index (κ3) is 3.87. The third-order valence-electron chi connectivity index (χ3n) is 3.75. The molecule has 0 aromatic heterocycles. The molecule has 1 aliphatic rings. The summed E-state index contributed by atoms with van der Waals surface area (Å²) in [4.78, 5) is 12.2. The lowest BCUT2D eigenvalue weighted by Gasteiger charge is -2.30. The van der Waals surface area contributed by atoms with Crippen LogP contribution in [-0.4, -0.2) is 31.6 Å². The number of hydrogen-bond donors (Lipinski definition) is 2. The fourth-order valence-corrected chi connectivity index (χ4v) is 2.45. The molecule has 112 valence electrons. The van der Waals surface area contributed by atoms with Crippen LogP contribution in [0.15, 0.2) is 18.2 Å². The number of rotatable bonds is 3. The Morgan fingerprint density at radius 1 is 1.45 bits per heavy atom. The second kappa shape index (κ2) is 7.50. The van der Waals surface area contributed by atoms with Crippen LogP contribution in [0.4, 0.5) is 0 Å². The first kappa shape index (κ1) is 16.8. The molecule has 0 bridgehead atoms. The van der Waals surface area contributed by atoms with Crippen molar-refractivity contribution in [1.82, 2.24) is 10.6 Å². The monoisotopic (exact) mass is 298 g/mol. The topological polar surface area (TPSA) is 50.4 Å². The Morgan fingerprint density at radius 3 is 2.85 bits per heavy atom. The summed E-state index contributed by atoms with van der Waals surface area (Å²) in [7, 11) is 1.62. The van der Waals surface area contributed by atoms with Crippen LogP contribution in [0, 0.1) is 6.92 Å². The van der Waals surface area contributed by atoms with Gasteiger partial charge in [0, 0.05) is 17.6 Å². The molecule has 0 spiro atoms. The molecule has 2 N–H and O–H groups in total. The van der Waals surface area contributed by atoms with Gasteiger partial charge in [0.15, 0.2) is 0 Å². The summed E-state index contributed by atoms with van der Waals surface area (Å²) in [5.41, 5.74) is 1.69. The molecule has 1 aromatic carbocycles. The highest BCUT2D eigenvalue weighted by Gasteiger charge is 2.23. The van der Waals surface area contributed by atoms with Gasteiger partial charge in [0.2, 0.25) is 0 Å². The van der Waals surface area contributed by atoms with Crippen molar-refractivity contribution < 1.29 is 9.53 Å². The summed E-state index contributed by atoms with van der Waals surface area (Å²) < 4.78 is 5.25. The van der Waals surface area contributed by atoms with Crippen molar-refractivity contribution in [3.63, 3.8) is 0 Å². The summed E-state index contributed by atoms with van der Waals surface area (Å²) in [5, 5.41) is 6.48. The molecular formula is C15H23ClN2O2. The van der Waals surface area contributed by atoms with E-state index in [1.165, 1.54) is 0 Å². The van der Waals surface area contributed by atoms with Crippen LogP contribution in [0.1, 0.15) is 35.7 Å². The lowest BCUT2D eigenvalue weighted by atomic mass is 9.99. The lowest BCUT2D eigenvalue weighted by molar-refractivity contribution is 0.0919. The van der Waals surface area contributed by atoms with E-state index in [4.69, 9.17) is 4.74 Å². The molecule has 1 amide bonds. The molecule has 1 heterocycles. The van der Waals surface area contributed by atoms with Gasteiger partial charge in [0.25, 0.3) is 5.91 Å². The summed E-state index contributed by atoms with van der Waals surface area (Å²) >= 11 is 0. The number of carbonyl (C=O) groups excluding carboxylic acids is 1. The van der Waals surface area contributed by atoms with Gasteiger partial charge in [-0.05, 0) is 50.9 Å². The van der Waals surface area contributed by atoms with Crippen molar-refractivity contribution in [3.05, 3.63) is 29.3 Å². The smallest absolute Gasteiger partial charge is 0.251 e. The standard InChI is InChI=1S/C15H22N2O2.ClH/c1-10-6-7-12(9-14(10)19-3)15(18)17-13-5-4-8-16-11(13)2;/h6-7,9,11,13,16H,4-5,8H2,1-3H3,(H,17,18);1H. The van der Waals surface area contributed by atoms with Gasteiger partial charge < -0.3 is 15.4 Å². The molecule has 2 unspecified atom stereocenters. The molecule has 0 aliphatic carbocycles. The minimum atomic E-state index is -0.0288. The van der Waals surface area contributed by atoms with Gasteiger partial charge in [-0.25, -0.2) is 0 Å². The largest absolute Gasteiger partial charge is 0.496 e. The van der Waals surface area contributed by atoms with Crippen molar-refractivity contribution in [2.75, 3.05) is 13.7 Å². The highest BCUT2D eigenvalue weighted by atomic mass is 35.5. The zero-order chi connectivity index (χ0) is 13.8. The van der Waals surface area contributed by atoms with E-state index in [-0.39, 0.29) is 24.4 Å². The molecule has 4 nitrogen and oxygen atoms in total. The van der Waals surface area contributed by atoms with Gasteiger partial charge in [-0.15, -0.1) is 12.4 Å². The minimum Gasteiger partial charge on any atom is -0.496 e. The number of hydrogen-bond acceptors (Lipinski definition) is 3. The van der Waals surface area contributed by atoms with Crippen LogP contribution < -0.4 is 15.4 Å². The highest BCUT2D eigenvalue weighted by molar-refractivity contribution is 5.95. The first-order valence-electron chi connectivity index (χ1n) is 6.80. The first-order valence-corrected chi connectivity index (χ1v) is 6.80. The van der Waals surface area contributed by atoms with Gasteiger partial charge in [0.05, 0.1) is 7.11 Å². The molecule has 5 heteroatoms. The Morgan fingerprint density at radius 2 is 2.20 bits per heavy atom. The summed E-state index contributed by atoms with van der Waals surface area (Å²) in [6, 6.07) is 6.08. The fraction of sp³-hybridized carbons (Fsp3) is 0.533. The average molecular weight is 299 g/mol. The zero-order valence-corrected chi connectivity index (χ0v) is 13.0. The Hall–Kier alpha value is -1.26. The van der Waals surface area contributed by atoms with Crippen LogP contribution in [0.5, 0.6) is 5.75 Å². The second-order valence-electron chi connectivity index (χ2n) is 5.15. The van der Waals surface area contributed by atoms with E-state index < -0.39 is 0 Å². The molecule has 2 atom stereocenters. The van der Waals surface area contributed by atoms with Crippen molar-refractivity contribution in [3.8, 4) is 5.75 Å². The first-order chi connectivity index (χ1) is 9.11. The lowest BCUT2D eigenvalue weighted by Crippen LogP contribution is -2.51. The predicted octanol–water partition coefficient (Wildman–Crippen LogP) is 2.30. The maximum Gasteiger partial charge on any atom is 0.251 e. The number of ether oxygens (including phenoxy) is 1. The van der Waals surface area contributed by atoms with E-state index in [0.29, 0.717) is 11.6 Å². The van der Waals surface area contributed by atoms with Crippen molar-refractivity contribution in [2.24, 2.45) is 0 Å². The number of benzene rings is 1. The number of halogens is 1. The van der Waals surface area contributed by atoms with Gasteiger partial charge in [-0.3, -0.25) is 4.79 Å². The highest BCUT2D eigenvalue weighted by Crippen LogP contribution is 2.19. The van der Waals surface area contributed by atoms with Crippen molar-refractivity contribution >= 4 is 18.3 Å². The van der Waals surface area contributed by atoms with E-state index in [1.54, 1.807) is 13.2 Å². The van der Waals surface area contributed by atoms with Crippen LogP contribution >= 0.6 is 12.4 Å². The Labute approximate surface area is 126 Å². The summed E-state index contributed by atoms with van der Waals surface area (Å²) in [5.74, 6) is 0.723. The fourth-order valence-electron chi connectivity index (χ4n) is 2.45. The van der Waals surface area contributed by atoms with E-state index in [0.717, 1.165) is 30.7 Å². The van der Waals surface area contributed by atoms with Crippen LogP contribution in [-0.2, 0) is 0 Å². The van der Waals surface area contributed by atoms with Gasteiger partial charge in [-0.1, -0.05) is 6.07 Å². The zero-order valence-electron chi connectivity index (χ0n) is 12.2. The third-order valence-corrected chi connectivity index (χ3v) is 3.75. The van der Waals surface area contributed by atoms with Crippen molar-refractivity contribution in [1.29, 1.82) is 0 Å². The molecule has 1 saturated heterocycles. The second-order valence-corrected chi connectivity index (χ2v) is 5.15. The Balaban J connectivity index is 0.00000200. The minimum absolute atomic E-state index is 0. The van der Waals surface area contributed by atoms with Gasteiger partial charge >= 0.3 is 0 Å². The van der Waals surface area contributed by atoms with E-state index in [2.05, 4.69) is 17.6 Å². The number of methoxy groups -OCH3 is 1. The number of piperidine rings is 1. The molecule has 20 heavy (non-hydrogen) atoms. The van der Waals surface area contributed by atoms with E-state index in [1.807, 2.05) is 19.1 Å². The van der Waals surface area contributed by atoms with Crippen molar-refractivity contribution in [2.45, 2.75) is 38.8 Å². The summed E-state index contributed by atoms with van der Waals surface area (Å²) in [6.07, 6.45) is 2.13. The Bertz CT molecular complexity index is 465. The van der Waals surface area contributed by atoms with Gasteiger partial charge in [-0.2, -0.15) is 0 Å². The normalized spacial score (nSPS) is 21.8. The molecule has 1 aromatic rings. The summed E-state index contributed by atoms with van der Waals surface area (Å²) in [6.45, 7) is 5.11. The molecule has 0 radical (unpaired) electrons. The average Bonchev–Trinajstić information content (AvgIpc) is 2.42. The number of carbonyl (C=O) groups is 1. The molecule has 0 saturated carbocycles. The SMILES string of the molecule is COc1cc(C(=O)NC2CCCNC2C)ccc1C.Cl. The molecule has 1 fully saturated rings. The van der Waals surface area contributed by atoms with E-state index in [9.17, 15) is 4.79 Å². The van der Waals surface area contributed by atoms with Crippen LogP contribution in [0.2, 0.25) is 0 Å². The van der Waals surface area contributed by atoms with Gasteiger partial charge in [0.1, 0.15) is 5.75 Å². The predicted molar refractivity (Wildman–Crippen MR) is 82.9 cm³/mol. The molecule has 1 aliphatic heterocycles. The number of nitrogens with one attached hydrogen (secondary N) is 2. The molecular weight excluding hydrogens is 276 g/mol. The van der Waals surface area contributed by atoms with Crippen LogP contribution in [0.25, 0.3) is 0 Å². The van der Waals surface area contributed by atoms with Crippen LogP contribution in [0.3, 0.4) is 0 Å². The number of aryl methyl sites for hydroxylation is 1. The Kier molecular flexibility index (Phi) is 6.30. The molecule has 2 rings (SSSR count). The number of amides is 1. The quantitative estimate of drug-likeness (QED) is 0.900. The maximum absolute atomic E-state index is 12.2. The maximum atomic E-state index is 12.2. The van der Waals surface area contributed by atoms with E-state index >= 15 is 0 Å².